The van der Waals surface area contributed by atoms with Crippen molar-refractivity contribution < 1.29 is 9.53 Å². The molecule has 7 nitrogen and oxygen atoms in total. The summed E-state index contributed by atoms with van der Waals surface area (Å²) in [7, 11) is 1.67. The molecular weight excluding hydrogens is 414 g/mol. The van der Waals surface area contributed by atoms with E-state index in [1.54, 1.807) is 7.11 Å². The van der Waals surface area contributed by atoms with Gasteiger partial charge in [0.15, 0.2) is 11.5 Å². The summed E-state index contributed by atoms with van der Waals surface area (Å²) in [5.74, 6) is 1.49. The van der Waals surface area contributed by atoms with E-state index in [-0.39, 0.29) is 11.9 Å². The highest BCUT2D eigenvalue weighted by molar-refractivity contribution is 6.31. The fourth-order valence-electron chi connectivity index (χ4n) is 4.04. The lowest BCUT2D eigenvalue weighted by Gasteiger charge is -2.37. The average Bonchev–Trinajstić information content (AvgIpc) is 3.62. The van der Waals surface area contributed by atoms with Gasteiger partial charge in [0.1, 0.15) is 5.75 Å². The number of aromatic nitrogens is 2. The standard InChI is InChI=1S/C23H24ClN5O2/c1-31-20-9-6-15(24)14-19(20)28-10-12-29(13-11-28)22-18-5-3-2-4-17(18)21(26-27-22)23(30)25-16-7-8-16/h2-6,9,14,16H,7-8,10-13H2,1H3,(H,25,30). The monoisotopic (exact) mass is 437 g/mol. The Morgan fingerprint density at radius 1 is 1.03 bits per heavy atom. The predicted molar refractivity (Wildman–Crippen MR) is 122 cm³/mol. The number of hydrogen-bond acceptors (Lipinski definition) is 6. The normalized spacial score (nSPS) is 16.5. The van der Waals surface area contributed by atoms with Crippen molar-refractivity contribution in [3.63, 3.8) is 0 Å². The van der Waals surface area contributed by atoms with Crippen molar-refractivity contribution in [1.29, 1.82) is 0 Å². The smallest absolute Gasteiger partial charge is 0.272 e. The molecule has 0 bridgehead atoms. The van der Waals surface area contributed by atoms with Gasteiger partial charge in [-0.05, 0) is 31.0 Å². The minimum Gasteiger partial charge on any atom is -0.495 e. The molecular formula is C23H24ClN5O2. The summed E-state index contributed by atoms with van der Waals surface area (Å²) in [4.78, 5) is 17.1. The minimum absolute atomic E-state index is 0.143. The van der Waals surface area contributed by atoms with E-state index in [0.717, 1.165) is 67.0 Å². The zero-order chi connectivity index (χ0) is 21.4. The van der Waals surface area contributed by atoms with Crippen molar-refractivity contribution >= 4 is 39.8 Å². The third kappa shape index (κ3) is 3.97. The Balaban J connectivity index is 1.39. The maximum atomic E-state index is 12.6. The number of rotatable bonds is 5. The second-order valence-corrected chi connectivity index (χ2v) is 8.39. The van der Waals surface area contributed by atoms with E-state index >= 15 is 0 Å². The first-order chi connectivity index (χ1) is 15.1. The number of anilines is 2. The Labute approximate surface area is 185 Å². The van der Waals surface area contributed by atoms with Gasteiger partial charge in [0.05, 0.1) is 12.8 Å². The molecule has 0 spiro atoms. The molecule has 0 atom stereocenters. The first-order valence-electron chi connectivity index (χ1n) is 10.5. The average molecular weight is 438 g/mol. The van der Waals surface area contributed by atoms with Crippen molar-refractivity contribution in [3.8, 4) is 5.75 Å². The molecule has 3 aromatic rings. The first kappa shape index (κ1) is 19.9. The number of nitrogens with one attached hydrogen (secondary N) is 1. The van der Waals surface area contributed by atoms with Crippen LogP contribution in [0.25, 0.3) is 10.8 Å². The number of ether oxygens (including phenoxy) is 1. The molecule has 160 valence electrons. The van der Waals surface area contributed by atoms with Crippen molar-refractivity contribution in [2.75, 3.05) is 43.1 Å². The van der Waals surface area contributed by atoms with Crippen LogP contribution in [0.4, 0.5) is 11.5 Å². The molecule has 1 amide bonds. The van der Waals surface area contributed by atoms with Crippen LogP contribution in [0.3, 0.4) is 0 Å². The summed E-state index contributed by atoms with van der Waals surface area (Å²) < 4.78 is 5.52. The van der Waals surface area contributed by atoms with Crippen LogP contribution in [0.15, 0.2) is 42.5 Å². The molecule has 0 radical (unpaired) electrons. The highest BCUT2D eigenvalue weighted by Gasteiger charge is 2.27. The molecule has 1 saturated heterocycles. The largest absolute Gasteiger partial charge is 0.495 e. The lowest BCUT2D eigenvalue weighted by atomic mass is 10.1. The van der Waals surface area contributed by atoms with Gasteiger partial charge in [0.25, 0.3) is 5.91 Å². The fourth-order valence-corrected chi connectivity index (χ4v) is 4.21. The van der Waals surface area contributed by atoms with E-state index < -0.39 is 0 Å². The first-order valence-corrected chi connectivity index (χ1v) is 10.9. The number of carbonyl (C=O) groups is 1. The van der Waals surface area contributed by atoms with Gasteiger partial charge in [0.2, 0.25) is 0 Å². The second-order valence-electron chi connectivity index (χ2n) is 7.96. The van der Waals surface area contributed by atoms with Crippen LogP contribution >= 0.6 is 11.6 Å². The summed E-state index contributed by atoms with van der Waals surface area (Å²) in [6.07, 6.45) is 2.08. The van der Waals surface area contributed by atoms with Crippen molar-refractivity contribution in [3.05, 3.63) is 53.2 Å². The number of methoxy groups -OCH3 is 1. The summed E-state index contributed by atoms with van der Waals surface area (Å²) >= 11 is 6.22. The number of hydrogen-bond donors (Lipinski definition) is 1. The molecule has 1 N–H and O–H groups in total. The third-order valence-electron chi connectivity index (χ3n) is 5.86. The Kier molecular flexibility index (Phi) is 5.28. The van der Waals surface area contributed by atoms with Gasteiger partial charge in [-0.2, -0.15) is 0 Å². The Morgan fingerprint density at radius 2 is 1.74 bits per heavy atom. The zero-order valence-corrected chi connectivity index (χ0v) is 18.1. The van der Waals surface area contributed by atoms with Gasteiger partial charge in [-0.1, -0.05) is 35.9 Å². The lowest BCUT2D eigenvalue weighted by Crippen LogP contribution is -2.47. The number of carbonyl (C=O) groups excluding carboxylic acids is 1. The summed E-state index contributed by atoms with van der Waals surface area (Å²) in [5.41, 5.74) is 1.39. The number of nitrogens with zero attached hydrogens (tertiary/aromatic N) is 4. The van der Waals surface area contributed by atoms with Crippen molar-refractivity contribution in [2.24, 2.45) is 0 Å². The topological polar surface area (TPSA) is 70.6 Å². The molecule has 1 aliphatic heterocycles. The van der Waals surface area contributed by atoms with Crippen LogP contribution in [0.5, 0.6) is 5.75 Å². The minimum atomic E-state index is -0.143. The van der Waals surface area contributed by atoms with Crippen molar-refractivity contribution in [1.82, 2.24) is 15.5 Å². The van der Waals surface area contributed by atoms with E-state index in [2.05, 4.69) is 25.3 Å². The molecule has 8 heteroatoms. The number of piperazine rings is 1. The quantitative estimate of drug-likeness (QED) is 0.658. The maximum Gasteiger partial charge on any atom is 0.272 e. The molecule has 2 aromatic carbocycles. The van der Waals surface area contributed by atoms with Gasteiger partial charge in [-0.3, -0.25) is 4.79 Å². The van der Waals surface area contributed by atoms with Crippen LogP contribution in [0, 0.1) is 0 Å². The fraction of sp³-hybridized carbons (Fsp3) is 0.348. The number of benzene rings is 2. The zero-order valence-electron chi connectivity index (χ0n) is 17.3. The van der Waals surface area contributed by atoms with E-state index in [1.807, 2.05) is 42.5 Å². The summed E-state index contributed by atoms with van der Waals surface area (Å²) in [6.45, 7) is 3.16. The van der Waals surface area contributed by atoms with Crippen LogP contribution < -0.4 is 19.9 Å². The molecule has 2 fully saturated rings. The van der Waals surface area contributed by atoms with Gasteiger partial charge >= 0.3 is 0 Å². The van der Waals surface area contributed by atoms with Gasteiger partial charge in [0, 0.05) is 48.0 Å². The molecule has 5 rings (SSSR count). The SMILES string of the molecule is COc1ccc(Cl)cc1N1CCN(c2nnc(C(=O)NC3CC3)c3ccccc23)CC1. The Bertz CT molecular complexity index is 1130. The number of fused-ring (bicyclic) bond motifs is 1. The predicted octanol–water partition coefficient (Wildman–Crippen LogP) is 3.51. The molecule has 1 saturated carbocycles. The van der Waals surface area contributed by atoms with Crippen LogP contribution in [0.1, 0.15) is 23.3 Å². The van der Waals surface area contributed by atoms with Crippen LogP contribution in [-0.4, -0.2) is 55.4 Å². The van der Waals surface area contributed by atoms with Gasteiger partial charge < -0.3 is 19.9 Å². The number of amides is 1. The Hall–Kier alpha value is -3.06. The Morgan fingerprint density at radius 3 is 2.45 bits per heavy atom. The highest BCUT2D eigenvalue weighted by Crippen LogP contribution is 2.33. The van der Waals surface area contributed by atoms with E-state index in [0.29, 0.717) is 10.7 Å². The van der Waals surface area contributed by atoms with E-state index in [9.17, 15) is 4.79 Å². The van der Waals surface area contributed by atoms with Crippen LogP contribution in [-0.2, 0) is 0 Å². The summed E-state index contributed by atoms with van der Waals surface area (Å²) in [5, 5.41) is 14.3. The molecule has 2 heterocycles. The van der Waals surface area contributed by atoms with Gasteiger partial charge in [-0.15, -0.1) is 10.2 Å². The van der Waals surface area contributed by atoms with Crippen molar-refractivity contribution in [2.45, 2.75) is 18.9 Å². The molecule has 1 aliphatic carbocycles. The van der Waals surface area contributed by atoms with Gasteiger partial charge in [-0.25, -0.2) is 0 Å². The second kappa shape index (κ2) is 8.23. The lowest BCUT2D eigenvalue weighted by molar-refractivity contribution is 0.0947. The third-order valence-corrected chi connectivity index (χ3v) is 6.09. The maximum absolute atomic E-state index is 12.6. The number of halogens is 1. The molecule has 2 aliphatic rings. The molecule has 31 heavy (non-hydrogen) atoms. The highest BCUT2D eigenvalue weighted by atomic mass is 35.5. The van der Waals surface area contributed by atoms with Crippen LogP contribution in [0.2, 0.25) is 5.02 Å². The van der Waals surface area contributed by atoms with E-state index in [4.69, 9.17) is 16.3 Å². The summed E-state index contributed by atoms with van der Waals surface area (Å²) in [6, 6.07) is 13.8. The molecule has 0 unspecified atom stereocenters. The molecule has 1 aromatic heterocycles. The van der Waals surface area contributed by atoms with E-state index in [1.165, 1.54) is 0 Å².